The van der Waals surface area contributed by atoms with E-state index < -0.39 is 0 Å². The first-order chi connectivity index (χ1) is 17.3. The minimum absolute atomic E-state index is 0.0885. The molecule has 1 saturated carbocycles. The lowest BCUT2D eigenvalue weighted by Gasteiger charge is -2.33. The topological polar surface area (TPSA) is 98.7 Å². The molecule has 0 aromatic heterocycles. The molecule has 192 valence electrons. The maximum Gasteiger partial charge on any atom is 0.251 e. The van der Waals surface area contributed by atoms with E-state index in [1.807, 2.05) is 17.0 Å². The summed E-state index contributed by atoms with van der Waals surface area (Å²) in [5.74, 6) is -0.607. The molecule has 36 heavy (non-hydrogen) atoms. The van der Waals surface area contributed by atoms with Crippen LogP contribution in [0.1, 0.15) is 48.0 Å². The van der Waals surface area contributed by atoms with Crippen molar-refractivity contribution in [1.29, 1.82) is 0 Å². The van der Waals surface area contributed by atoms with Crippen molar-refractivity contribution in [2.24, 2.45) is 5.92 Å². The van der Waals surface area contributed by atoms with Gasteiger partial charge in [-0.1, -0.05) is 35.3 Å². The average Bonchev–Trinajstić information content (AvgIpc) is 3.24. The van der Waals surface area contributed by atoms with Crippen molar-refractivity contribution >= 4 is 40.9 Å². The molecular weight excluding hydrogens is 501 g/mol. The number of aliphatic hydroxyl groups excluding tert-OH is 1. The Hall–Kier alpha value is -2.61. The zero-order chi connectivity index (χ0) is 25.8. The van der Waals surface area contributed by atoms with Crippen molar-refractivity contribution in [3.63, 3.8) is 0 Å². The summed E-state index contributed by atoms with van der Waals surface area (Å²) in [7, 11) is 1.51. The fourth-order valence-electron chi connectivity index (χ4n) is 5.06. The van der Waals surface area contributed by atoms with Crippen molar-refractivity contribution < 1.29 is 19.5 Å². The highest BCUT2D eigenvalue weighted by atomic mass is 35.5. The first kappa shape index (κ1) is 26.5. The molecule has 1 atom stereocenters. The number of halogens is 2. The van der Waals surface area contributed by atoms with Gasteiger partial charge in [0.05, 0.1) is 12.6 Å². The zero-order valence-corrected chi connectivity index (χ0v) is 21.7. The van der Waals surface area contributed by atoms with Gasteiger partial charge < -0.3 is 20.6 Å². The van der Waals surface area contributed by atoms with E-state index in [2.05, 4.69) is 10.6 Å². The molecule has 3 N–H and O–H groups in total. The lowest BCUT2D eigenvalue weighted by atomic mass is 9.92. The molecule has 1 aliphatic heterocycles. The fourth-order valence-corrected chi connectivity index (χ4v) is 5.70. The molecule has 2 fully saturated rings. The van der Waals surface area contributed by atoms with Crippen LogP contribution in [-0.2, 0) is 16.0 Å². The highest BCUT2D eigenvalue weighted by molar-refractivity contribution is 6.36. The normalized spacial score (nSPS) is 21.9. The van der Waals surface area contributed by atoms with Crippen molar-refractivity contribution in [2.45, 2.75) is 50.7 Å². The van der Waals surface area contributed by atoms with Gasteiger partial charge in [0.1, 0.15) is 0 Å². The third kappa shape index (κ3) is 6.02. The lowest BCUT2D eigenvalue weighted by molar-refractivity contribution is -0.133. The second kappa shape index (κ2) is 11.6. The number of benzene rings is 2. The molecule has 2 aliphatic rings. The van der Waals surface area contributed by atoms with Crippen LogP contribution in [0.4, 0.5) is 0 Å². The van der Waals surface area contributed by atoms with Crippen molar-refractivity contribution in [2.75, 3.05) is 20.1 Å². The van der Waals surface area contributed by atoms with Crippen LogP contribution in [0.2, 0.25) is 10.0 Å². The van der Waals surface area contributed by atoms with Crippen LogP contribution in [0.25, 0.3) is 11.1 Å². The SMILES string of the molecule is CNC(=O)CNC(=O)c1ccc(-c2cc(Cl)c(C[C@@H]3CCN([C@H]4CC[C@H](O)CC4)C3=O)c(Cl)c2)cc1. The molecule has 0 radical (unpaired) electrons. The zero-order valence-electron chi connectivity index (χ0n) is 20.2. The summed E-state index contributed by atoms with van der Waals surface area (Å²) < 4.78 is 0. The molecule has 0 bridgehead atoms. The molecule has 7 nitrogen and oxygen atoms in total. The number of likely N-dealkylation sites (tertiary alicyclic amines) is 1. The number of hydrogen-bond acceptors (Lipinski definition) is 4. The van der Waals surface area contributed by atoms with Crippen LogP contribution < -0.4 is 10.6 Å². The largest absolute Gasteiger partial charge is 0.393 e. The molecule has 4 rings (SSSR count). The van der Waals surface area contributed by atoms with E-state index in [1.165, 1.54) is 7.05 Å². The van der Waals surface area contributed by atoms with E-state index in [-0.39, 0.29) is 42.3 Å². The highest BCUT2D eigenvalue weighted by Crippen LogP contribution is 2.36. The van der Waals surface area contributed by atoms with Crippen LogP contribution in [0.15, 0.2) is 36.4 Å². The molecule has 2 aromatic rings. The molecule has 9 heteroatoms. The fraction of sp³-hybridized carbons (Fsp3) is 0.444. The van der Waals surface area contributed by atoms with Crippen molar-refractivity contribution in [3.8, 4) is 11.1 Å². The minimum atomic E-state index is -0.337. The quantitative estimate of drug-likeness (QED) is 0.505. The number of nitrogens with zero attached hydrogens (tertiary/aromatic N) is 1. The minimum Gasteiger partial charge on any atom is -0.393 e. The van der Waals surface area contributed by atoms with E-state index >= 15 is 0 Å². The standard InChI is InChI=1S/C27H31Cl2N3O4/c1-30-25(34)15-31-26(35)17-4-2-16(3-5-17)19-13-23(28)22(24(29)14-19)12-18-10-11-32(27(18)36)20-6-8-21(33)9-7-20/h2-5,13-14,18,20-21,33H,6-12,15H2,1H3,(H,30,34)(H,31,35)/t18-,20-,21-/m0/s1. The van der Waals surface area contributed by atoms with Crippen LogP contribution in [0.5, 0.6) is 0 Å². The summed E-state index contributed by atoms with van der Waals surface area (Å²) in [6.45, 7) is 0.648. The summed E-state index contributed by atoms with van der Waals surface area (Å²) in [5.41, 5.74) is 2.86. The number of carbonyl (C=O) groups excluding carboxylic acids is 3. The summed E-state index contributed by atoms with van der Waals surface area (Å²) in [5, 5.41) is 15.8. The first-order valence-electron chi connectivity index (χ1n) is 12.3. The maximum absolute atomic E-state index is 13.1. The Balaban J connectivity index is 1.42. The van der Waals surface area contributed by atoms with Gasteiger partial charge >= 0.3 is 0 Å². The monoisotopic (exact) mass is 531 g/mol. The van der Waals surface area contributed by atoms with Gasteiger partial charge in [-0.05, 0) is 79.5 Å². The summed E-state index contributed by atoms with van der Waals surface area (Å²) in [4.78, 5) is 38.6. The van der Waals surface area contributed by atoms with E-state index in [0.717, 1.165) is 55.3 Å². The predicted octanol–water partition coefficient (Wildman–Crippen LogP) is 3.83. The molecule has 1 aliphatic carbocycles. The second-order valence-corrected chi connectivity index (χ2v) is 10.3. The van der Waals surface area contributed by atoms with Gasteiger partial charge in [0.25, 0.3) is 5.91 Å². The number of nitrogens with one attached hydrogen (secondary N) is 2. The number of hydrogen-bond donors (Lipinski definition) is 3. The van der Waals surface area contributed by atoms with E-state index in [9.17, 15) is 19.5 Å². The van der Waals surface area contributed by atoms with E-state index in [4.69, 9.17) is 23.2 Å². The lowest BCUT2D eigenvalue weighted by Crippen LogP contribution is -2.41. The van der Waals surface area contributed by atoms with Gasteiger partial charge in [-0.25, -0.2) is 0 Å². The Morgan fingerprint density at radius 3 is 2.25 bits per heavy atom. The van der Waals surface area contributed by atoms with Gasteiger partial charge in [-0.15, -0.1) is 0 Å². The summed E-state index contributed by atoms with van der Waals surface area (Å²) in [6, 6.07) is 10.9. The molecular formula is C27H31Cl2N3O4. The van der Waals surface area contributed by atoms with E-state index in [1.54, 1.807) is 24.3 Å². The molecule has 0 spiro atoms. The van der Waals surface area contributed by atoms with Crippen LogP contribution in [0, 0.1) is 5.92 Å². The number of likely N-dealkylation sites (N-methyl/N-ethyl adjacent to an activating group) is 1. The van der Waals surface area contributed by atoms with Crippen LogP contribution >= 0.6 is 23.2 Å². The summed E-state index contributed by atoms with van der Waals surface area (Å²) >= 11 is 13.3. The van der Waals surface area contributed by atoms with E-state index in [0.29, 0.717) is 22.0 Å². The average molecular weight is 532 g/mol. The third-order valence-corrected chi connectivity index (χ3v) is 7.89. The smallest absolute Gasteiger partial charge is 0.251 e. The molecule has 0 unspecified atom stereocenters. The summed E-state index contributed by atoms with van der Waals surface area (Å²) in [6.07, 6.45) is 4.23. The Labute approximate surface area is 221 Å². The van der Waals surface area contributed by atoms with Crippen LogP contribution in [-0.4, -0.2) is 60.0 Å². The Kier molecular flexibility index (Phi) is 8.54. The Morgan fingerprint density at radius 1 is 1.00 bits per heavy atom. The Morgan fingerprint density at radius 2 is 1.64 bits per heavy atom. The van der Waals surface area contributed by atoms with Crippen LogP contribution in [0.3, 0.4) is 0 Å². The second-order valence-electron chi connectivity index (χ2n) is 9.54. The van der Waals surface area contributed by atoms with Gasteiger partial charge in [-0.2, -0.15) is 0 Å². The number of rotatable bonds is 7. The Bertz CT molecular complexity index is 1110. The van der Waals surface area contributed by atoms with Gasteiger partial charge in [0.15, 0.2) is 0 Å². The van der Waals surface area contributed by atoms with Gasteiger partial charge in [-0.3, -0.25) is 14.4 Å². The molecule has 2 aromatic carbocycles. The molecule has 1 heterocycles. The number of amides is 3. The van der Waals surface area contributed by atoms with Crippen molar-refractivity contribution in [1.82, 2.24) is 15.5 Å². The number of carbonyl (C=O) groups is 3. The number of aliphatic hydroxyl groups is 1. The van der Waals surface area contributed by atoms with Gasteiger partial charge in [0.2, 0.25) is 11.8 Å². The van der Waals surface area contributed by atoms with Gasteiger partial charge in [0, 0.05) is 41.2 Å². The first-order valence-corrected chi connectivity index (χ1v) is 13.1. The molecule has 3 amide bonds. The molecule has 1 saturated heterocycles. The predicted molar refractivity (Wildman–Crippen MR) is 140 cm³/mol. The maximum atomic E-state index is 13.1. The van der Waals surface area contributed by atoms with Crippen molar-refractivity contribution in [3.05, 3.63) is 57.6 Å². The highest BCUT2D eigenvalue weighted by Gasteiger charge is 2.37. The third-order valence-electron chi connectivity index (χ3n) is 7.22.